The number of carbonyl (C=O) groups is 1. The molecular formula is C27H33F2N3O3. The number of amides is 1. The van der Waals surface area contributed by atoms with Crippen molar-refractivity contribution in [2.24, 2.45) is 0 Å². The van der Waals surface area contributed by atoms with Crippen LogP contribution in [0.25, 0.3) is 0 Å². The highest BCUT2D eigenvalue weighted by Gasteiger charge is 2.40. The van der Waals surface area contributed by atoms with Crippen LogP contribution in [0.5, 0.6) is 0 Å². The lowest BCUT2D eigenvalue weighted by atomic mass is 9.90. The number of rotatable bonds is 6. The molecule has 1 aliphatic carbocycles. The summed E-state index contributed by atoms with van der Waals surface area (Å²) < 4.78 is 38.6. The standard InChI is InChI=1S/C27H33F2N3O3/c28-22-5-1-20(2-6-22)26(21-3-7-23(29)8-4-21)32-15-13-31(14-16-32)19-25(33)30-24-9-11-27(12-10-24)34-17-18-35-27/h1-8,24,26H,9-19H2,(H,30,33). The van der Waals surface area contributed by atoms with Gasteiger partial charge in [0, 0.05) is 45.1 Å². The summed E-state index contributed by atoms with van der Waals surface area (Å²) in [6.45, 7) is 4.71. The Morgan fingerprint density at radius 3 is 1.91 bits per heavy atom. The first-order valence-electron chi connectivity index (χ1n) is 12.5. The Morgan fingerprint density at radius 1 is 0.886 bits per heavy atom. The van der Waals surface area contributed by atoms with Crippen LogP contribution in [0.1, 0.15) is 42.9 Å². The number of hydrogen-bond acceptors (Lipinski definition) is 5. The Morgan fingerprint density at radius 2 is 1.40 bits per heavy atom. The lowest BCUT2D eigenvalue weighted by molar-refractivity contribution is -0.180. The minimum absolute atomic E-state index is 0.0567. The highest BCUT2D eigenvalue weighted by Crippen LogP contribution is 2.35. The first-order valence-corrected chi connectivity index (χ1v) is 12.5. The third kappa shape index (κ3) is 5.89. The highest BCUT2D eigenvalue weighted by molar-refractivity contribution is 5.78. The molecule has 1 spiro atoms. The molecule has 2 heterocycles. The predicted octanol–water partition coefficient (Wildman–Crippen LogP) is 3.47. The predicted molar refractivity (Wildman–Crippen MR) is 128 cm³/mol. The lowest BCUT2D eigenvalue weighted by Crippen LogP contribution is -2.52. The van der Waals surface area contributed by atoms with Gasteiger partial charge in [-0.1, -0.05) is 24.3 Å². The molecule has 1 N–H and O–H groups in total. The first-order chi connectivity index (χ1) is 17.0. The molecule has 6 nitrogen and oxygen atoms in total. The number of piperazine rings is 1. The molecule has 0 aromatic heterocycles. The van der Waals surface area contributed by atoms with Crippen molar-refractivity contribution in [3.8, 4) is 0 Å². The summed E-state index contributed by atoms with van der Waals surface area (Å²) in [4.78, 5) is 17.2. The monoisotopic (exact) mass is 485 g/mol. The average molecular weight is 486 g/mol. The van der Waals surface area contributed by atoms with Gasteiger partial charge in [0.1, 0.15) is 11.6 Å². The van der Waals surface area contributed by atoms with E-state index in [-0.39, 0.29) is 29.6 Å². The number of benzene rings is 2. The number of nitrogens with zero attached hydrogens (tertiary/aromatic N) is 2. The summed E-state index contributed by atoms with van der Waals surface area (Å²) in [5.41, 5.74) is 1.93. The second-order valence-corrected chi connectivity index (χ2v) is 9.77. The van der Waals surface area contributed by atoms with E-state index in [9.17, 15) is 13.6 Å². The van der Waals surface area contributed by atoms with Gasteiger partial charge in [0.2, 0.25) is 5.91 Å². The largest absolute Gasteiger partial charge is 0.352 e. The molecule has 2 aromatic carbocycles. The van der Waals surface area contributed by atoms with E-state index in [1.165, 1.54) is 24.3 Å². The zero-order valence-electron chi connectivity index (χ0n) is 19.9. The van der Waals surface area contributed by atoms with Gasteiger partial charge >= 0.3 is 0 Å². The van der Waals surface area contributed by atoms with E-state index in [2.05, 4.69) is 15.1 Å². The van der Waals surface area contributed by atoms with Crippen molar-refractivity contribution in [3.63, 3.8) is 0 Å². The van der Waals surface area contributed by atoms with Gasteiger partial charge in [-0.2, -0.15) is 0 Å². The third-order valence-corrected chi connectivity index (χ3v) is 7.44. The first kappa shape index (κ1) is 24.3. The van der Waals surface area contributed by atoms with Gasteiger partial charge in [0.15, 0.2) is 5.79 Å². The van der Waals surface area contributed by atoms with Crippen molar-refractivity contribution in [1.29, 1.82) is 0 Å². The van der Waals surface area contributed by atoms with Crippen LogP contribution in [0.4, 0.5) is 8.78 Å². The summed E-state index contributed by atoms with van der Waals surface area (Å²) >= 11 is 0. The van der Waals surface area contributed by atoms with E-state index in [4.69, 9.17) is 9.47 Å². The molecule has 3 fully saturated rings. The van der Waals surface area contributed by atoms with Crippen LogP contribution >= 0.6 is 0 Å². The van der Waals surface area contributed by atoms with Crippen molar-refractivity contribution < 1.29 is 23.0 Å². The van der Waals surface area contributed by atoms with Gasteiger partial charge in [0.05, 0.1) is 25.8 Å². The molecular weight excluding hydrogens is 452 g/mol. The fourth-order valence-corrected chi connectivity index (χ4v) is 5.55. The normalized spacial score (nSPS) is 21.6. The minimum atomic E-state index is -0.414. The van der Waals surface area contributed by atoms with Crippen molar-refractivity contribution in [3.05, 3.63) is 71.3 Å². The second kappa shape index (κ2) is 10.7. The van der Waals surface area contributed by atoms with E-state index in [1.54, 1.807) is 24.3 Å². The maximum Gasteiger partial charge on any atom is 0.234 e. The lowest BCUT2D eigenvalue weighted by Gasteiger charge is -2.40. The molecule has 2 saturated heterocycles. The maximum absolute atomic E-state index is 13.5. The Labute approximate surface area is 205 Å². The van der Waals surface area contributed by atoms with Gasteiger partial charge < -0.3 is 14.8 Å². The van der Waals surface area contributed by atoms with Crippen LogP contribution in [0.2, 0.25) is 0 Å². The summed E-state index contributed by atoms with van der Waals surface area (Å²) in [6.07, 6.45) is 3.39. The zero-order valence-corrected chi connectivity index (χ0v) is 19.9. The molecule has 2 aromatic rings. The molecule has 3 aliphatic rings. The van der Waals surface area contributed by atoms with E-state index < -0.39 is 5.79 Å². The van der Waals surface area contributed by atoms with Gasteiger partial charge in [-0.15, -0.1) is 0 Å². The summed E-state index contributed by atoms with van der Waals surface area (Å²) in [7, 11) is 0. The SMILES string of the molecule is O=C(CN1CCN(C(c2ccc(F)cc2)c2ccc(F)cc2)CC1)NC1CCC2(CC1)OCCO2. The van der Waals surface area contributed by atoms with E-state index >= 15 is 0 Å². The van der Waals surface area contributed by atoms with Crippen LogP contribution in [-0.2, 0) is 14.3 Å². The number of halogens is 2. The Kier molecular flexibility index (Phi) is 7.43. The van der Waals surface area contributed by atoms with E-state index in [1.807, 2.05) is 0 Å². The van der Waals surface area contributed by atoms with Gasteiger partial charge in [-0.05, 0) is 48.2 Å². The molecule has 0 bridgehead atoms. The fourth-order valence-electron chi connectivity index (χ4n) is 5.55. The van der Waals surface area contributed by atoms with E-state index in [0.29, 0.717) is 19.8 Å². The molecule has 1 amide bonds. The number of carbonyl (C=O) groups excluding carboxylic acids is 1. The van der Waals surface area contributed by atoms with Crippen molar-refractivity contribution in [2.45, 2.75) is 43.6 Å². The summed E-state index contributed by atoms with van der Waals surface area (Å²) in [5, 5.41) is 3.19. The Bertz CT molecular complexity index is 932. The van der Waals surface area contributed by atoms with Crippen molar-refractivity contribution >= 4 is 5.91 Å². The molecule has 0 atom stereocenters. The average Bonchev–Trinajstić information content (AvgIpc) is 3.32. The van der Waals surface area contributed by atoms with Gasteiger partial charge in [0.25, 0.3) is 0 Å². The van der Waals surface area contributed by atoms with Crippen LogP contribution in [0, 0.1) is 11.6 Å². The van der Waals surface area contributed by atoms with E-state index in [0.717, 1.165) is 63.0 Å². The molecule has 0 unspecified atom stereocenters. The van der Waals surface area contributed by atoms with Gasteiger partial charge in [-0.25, -0.2) is 8.78 Å². The quantitative estimate of drug-likeness (QED) is 0.679. The molecule has 2 aliphatic heterocycles. The van der Waals surface area contributed by atoms with Crippen LogP contribution < -0.4 is 5.32 Å². The molecule has 1 saturated carbocycles. The third-order valence-electron chi connectivity index (χ3n) is 7.44. The summed E-state index contributed by atoms with van der Waals surface area (Å²) in [5.74, 6) is -0.914. The number of hydrogen-bond donors (Lipinski definition) is 1. The highest BCUT2D eigenvalue weighted by atomic mass is 19.1. The Balaban J connectivity index is 1.15. The smallest absolute Gasteiger partial charge is 0.234 e. The van der Waals surface area contributed by atoms with Crippen LogP contribution in [0.3, 0.4) is 0 Å². The minimum Gasteiger partial charge on any atom is -0.352 e. The molecule has 8 heteroatoms. The molecule has 35 heavy (non-hydrogen) atoms. The molecule has 5 rings (SSSR count). The Hall–Kier alpha value is -2.39. The maximum atomic E-state index is 13.5. The fraction of sp³-hybridized carbons (Fsp3) is 0.519. The van der Waals surface area contributed by atoms with Gasteiger partial charge in [-0.3, -0.25) is 14.6 Å². The number of nitrogens with one attached hydrogen (secondary N) is 1. The zero-order chi connectivity index (χ0) is 24.3. The van der Waals surface area contributed by atoms with Crippen LogP contribution in [0.15, 0.2) is 48.5 Å². The number of ether oxygens (including phenoxy) is 2. The molecule has 0 radical (unpaired) electrons. The van der Waals surface area contributed by atoms with Crippen LogP contribution in [-0.4, -0.2) is 73.5 Å². The topological polar surface area (TPSA) is 54.0 Å². The van der Waals surface area contributed by atoms with Crippen molar-refractivity contribution in [2.75, 3.05) is 45.9 Å². The second-order valence-electron chi connectivity index (χ2n) is 9.77. The van der Waals surface area contributed by atoms with Crippen molar-refractivity contribution in [1.82, 2.24) is 15.1 Å². The molecule has 188 valence electrons. The summed E-state index contributed by atoms with van der Waals surface area (Å²) in [6, 6.07) is 13.1.